The van der Waals surface area contributed by atoms with Crippen LogP contribution in [-0.4, -0.2) is 31.1 Å². The number of rotatable bonds is 3. The Morgan fingerprint density at radius 3 is 2.75 bits per heavy atom. The quantitative estimate of drug-likeness (QED) is 0.735. The van der Waals surface area contributed by atoms with E-state index in [4.69, 9.17) is 0 Å². The second-order valence-corrected chi connectivity index (χ2v) is 5.33. The molecule has 1 fully saturated rings. The molecule has 2 aliphatic heterocycles. The monoisotopic (exact) mass is 220 g/mol. The molecule has 0 aromatic rings. The molecule has 90 valence electrons. The molecule has 1 saturated heterocycles. The third kappa shape index (κ3) is 3.11. The second-order valence-electron chi connectivity index (χ2n) is 5.33. The third-order valence-corrected chi connectivity index (χ3v) is 3.91. The zero-order valence-corrected chi connectivity index (χ0v) is 10.4. The van der Waals surface area contributed by atoms with Gasteiger partial charge in [-0.3, -0.25) is 0 Å². The Kier molecular flexibility index (Phi) is 4.05. The van der Waals surface area contributed by atoms with Crippen LogP contribution in [0.4, 0.5) is 0 Å². The predicted molar refractivity (Wildman–Crippen MR) is 69.2 cm³/mol. The van der Waals surface area contributed by atoms with Gasteiger partial charge in [-0.1, -0.05) is 18.2 Å². The molecule has 0 saturated carbocycles. The van der Waals surface area contributed by atoms with E-state index in [0.29, 0.717) is 0 Å². The fourth-order valence-corrected chi connectivity index (χ4v) is 2.77. The molecule has 2 heteroatoms. The standard InChI is InChI=1S/C14H24N2/c1-12(2)14-5-8-16(9-6-14)11-13-4-3-7-15-10-13/h3,7,13-15H,1,4-6,8-11H2,2H3. The molecule has 1 unspecified atom stereocenters. The number of likely N-dealkylation sites (tertiary alicyclic amines) is 1. The Balaban J connectivity index is 1.72. The van der Waals surface area contributed by atoms with E-state index in [1.165, 1.54) is 44.5 Å². The van der Waals surface area contributed by atoms with Gasteiger partial charge in [-0.05, 0) is 57.3 Å². The van der Waals surface area contributed by atoms with E-state index in [2.05, 4.69) is 36.0 Å². The highest BCUT2D eigenvalue weighted by Crippen LogP contribution is 2.24. The first-order chi connectivity index (χ1) is 7.75. The van der Waals surface area contributed by atoms with Gasteiger partial charge in [0.15, 0.2) is 0 Å². The molecule has 2 rings (SSSR count). The van der Waals surface area contributed by atoms with E-state index >= 15 is 0 Å². The van der Waals surface area contributed by atoms with Crippen LogP contribution in [-0.2, 0) is 0 Å². The summed E-state index contributed by atoms with van der Waals surface area (Å²) in [6, 6.07) is 0. The summed E-state index contributed by atoms with van der Waals surface area (Å²) in [5.74, 6) is 1.59. The van der Waals surface area contributed by atoms with Crippen LogP contribution < -0.4 is 5.32 Å². The van der Waals surface area contributed by atoms with Crippen molar-refractivity contribution in [2.75, 3.05) is 26.2 Å². The van der Waals surface area contributed by atoms with E-state index in [1.807, 2.05) is 0 Å². The molecular weight excluding hydrogens is 196 g/mol. The van der Waals surface area contributed by atoms with Gasteiger partial charge in [0, 0.05) is 13.1 Å². The molecule has 2 aliphatic rings. The lowest BCUT2D eigenvalue weighted by Crippen LogP contribution is -2.40. The first-order valence-electron chi connectivity index (χ1n) is 6.52. The minimum Gasteiger partial charge on any atom is -0.391 e. The van der Waals surface area contributed by atoms with E-state index in [1.54, 1.807) is 0 Å². The Hall–Kier alpha value is -0.760. The van der Waals surface area contributed by atoms with Crippen molar-refractivity contribution in [1.29, 1.82) is 0 Å². The van der Waals surface area contributed by atoms with Crippen molar-refractivity contribution < 1.29 is 0 Å². The maximum Gasteiger partial charge on any atom is 0.0184 e. The van der Waals surface area contributed by atoms with Gasteiger partial charge < -0.3 is 10.2 Å². The molecule has 1 atom stereocenters. The van der Waals surface area contributed by atoms with Crippen molar-refractivity contribution in [3.63, 3.8) is 0 Å². The molecule has 0 aliphatic carbocycles. The van der Waals surface area contributed by atoms with Crippen LogP contribution in [0.2, 0.25) is 0 Å². The molecule has 0 bridgehead atoms. The zero-order chi connectivity index (χ0) is 11.4. The van der Waals surface area contributed by atoms with Gasteiger partial charge >= 0.3 is 0 Å². The van der Waals surface area contributed by atoms with Gasteiger partial charge in [0.25, 0.3) is 0 Å². The highest BCUT2D eigenvalue weighted by molar-refractivity contribution is 4.98. The highest BCUT2D eigenvalue weighted by Gasteiger charge is 2.21. The van der Waals surface area contributed by atoms with Crippen LogP contribution >= 0.6 is 0 Å². The Morgan fingerprint density at radius 1 is 1.44 bits per heavy atom. The Morgan fingerprint density at radius 2 is 2.19 bits per heavy atom. The van der Waals surface area contributed by atoms with E-state index < -0.39 is 0 Å². The summed E-state index contributed by atoms with van der Waals surface area (Å²) in [5, 5.41) is 3.33. The largest absolute Gasteiger partial charge is 0.391 e. The molecule has 16 heavy (non-hydrogen) atoms. The molecule has 2 heterocycles. The van der Waals surface area contributed by atoms with Crippen LogP contribution in [0.25, 0.3) is 0 Å². The van der Waals surface area contributed by atoms with E-state index in [0.717, 1.165) is 18.4 Å². The third-order valence-electron chi connectivity index (χ3n) is 3.91. The van der Waals surface area contributed by atoms with Crippen molar-refractivity contribution in [2.45, 2.75) is 26.2 Å². The molecule has 0 spiro atoms. The second kappa shape index (κ2) is 5.53. The van der Waals surface area contributed by atoms with Crippen LogP contribution in [0, 0.1) is 11.8 Å². The van der Waals surface area contributed by atoms with Crippen molar-refractivity contribution in [3.8, 4) is 0 Å². The lowest BCUT2D eigenvalue weighted by Gasteiger charge is -2.35. The topological polar surface area (TPSA) is 15.3 Å². The molecule has 0 aromatic heterocycles. The van der Waals surface area contributed by atoms with Crippen molar-refractivity contribution >= 4 is 0 Å². The maximum absolute atomic E-state index is 4.08. The summed E-state index contributed by atoms with van der Waals surface area (Å²) in [7, 11) is 0. The SMILES string of the molecule is C=C(C)C1CCN(CC2CC=CNC2)CC1. The summed E-state index contributed by atoms with van der Waals surface area (Å²) in [4.78, 5) is 2.63. The fourth-order valence-electron chi connectivity index (χ4n) is 2.77. The first-order valence-corrected chi connectivity index (χ1v) is 6.52. The van der Waals surface area contributed by atoms with Gasteiger partial charge in [-0.25, -0.2) is 0 Å². The average molecular weight is 220 g/mol. The van der Waals surface area contributed by atoms with Gasteiger partial charge in [-0.15, -0.1) is 0 Å². The number of piperidine rings is 1. The number of nitrogens with zero attached hydrogens (tertiary/aromatic N) is 1. The van der Waals surface area contributed by atoms with Crippen LogP contribution in [0.1, 0.15) is 26.2 Å². The Bertz CT molecular complexity index is 262. The van der Waals surface area contributed by atoms with Gasteiger partial charge in [0.05, 0.1) is 0 Å². The lowest BCUT2D eigenvalue weighted by atomic mass is 9.90. The molecule has 0 aromatic carbocycles. The summed E-state index contributed by atoms with van der Waals surface area (Å²) in [6.07, 6.45) is 8.21. The van der Waals surface area contributed by atoms with Crippen LogP contribution in [0.3, 0.4) is 0 Å². The Labute approximate surface area is 99.4 Å². The number of nitrogens with one attached hydrogen (secondary N) is 1. The number of hydrogen-bond acceptors (Lipinski definition) is 2. The summed E-state index contributed by atoms with van der Waals surface area (Å²) in [5.41, 5.74) is 1.38. The smallest absolute Gasteiger partial charge is 0.0184 e. The molecule has 0 radical (unpaired) electrons. The molecule has 0 amide bonds. The van der Waals surface area contributed by atoms with Gasteiger partial charge in [0.2, 0.25) is 0 Å². The average Bonchev–Trinajstić information content (AvgIpc) is 2.31. The van der Waals surface area contributed by atoms with Crippen molar-refractivity contribution in [3.05, 3.63) is 24.4 Å². The van der Waals surface area contributed by atoms with Crippen LogP contribution in [0.5, 0.6) is 0 Å². The highest BCUT2D eigenvalue weighted by atomic mass is 15.1. The van der Waals surface area contributed by atoms with Crippen LogP contribution in [0.15, 0.2) is 24.4 Å². The van der Waals surface area contributed by atoms with E-state index in [9.17, 15) is 0 Å². The summed E-state index contributed by atoms with van der Waals surface area (Å²) < 4.78 is 0. The molecular formula is C14H24N2. The van der Waals surface area contributed by atoms with Gasteiger partial charge in [-0.2, -0.15) is 0 Å². The normalized spacial score (nSPS) is 27.7. The first kappa shape index (κ1) is 11.7. The van der Waals surface area contributed by atoms with E-state index in [-0.39, 0.29) is 0 Å². The molecule has 2 nitrogen and oxygen atoms in total. The predicted octanol–water partition coefficient (Wildman–Crippen LogP) is 2.40. The lowest BCUT2D eigenvalue weighted by molar-refractivity contribution is 0.170. The molecule has 1 N–H and O–H groups in total. The van der Waals surface area contributed by atoms with Crippen molar-refractivity contribution in [2.24, 2.45) is 11.8 Å². The maximum atomic E-state index is 4.08. The van der Waals surface area contributed by atoms with Crippen molar-refractivity contribution in [1.82, 2.24) is 10.2 Å². The summed E-state index contributed by atoms with van der Waals surface area (Å²) >= 11 is 0. The summed E-state index contributed by atoms with van der Waals surface area (Å²) in [6.45, 7) is 11.2. The zero-order valence-electron chi connectivity index (χ0n) is 10.4. The number of hydrogen-bond donors (Lipinski definition) is 1. The van der Waals surface area contributed by atoms with Gasteiger partial charge in [0.1, 0.15) is 0 Å². The number of allylic oxidation sites excluding steroid dienone is 2. The minimum atomic E-state index is 0.778. The minimum absolute atomic E-state index is 0.778. The fraction of sp³-hybridized carbons (Fsp3) is 0.714.